The second-order valence-electron chi connectivity index (χ2n) is 7.45. The van der Waals surface area contributed by atoms with E-state index in [4.69, 9.17) is 4.74 Å². The lowest BCUT2D eigenvalue weighted by atomic mass is 9.80. The summed E-state index contributed by atoms with van der Waals surface area (Å²) < 4.78 is 6.24. The number of ether oxygens (including phenoxy) is 1. The number of allylic oxidation sites excluding steroid dienone is 4. The predicted octanol–water partition coefficient (Wildman–Crippen LogP) is 5.96. The summed E-state index contributed by atoms with van der Waals surface area (Å²) in [6.45, 7) is 4.68. The fourth-order valence-electron chi connectivity index (χ4n) is 4.42. The third kappa shape index (κ3) is 1.66. The largest absolute Gasteiger partial charge is 0.453 e. The van der Waals surface area contributed by atoms with Crippen LogP contribution in [0.2, 0.25) is 0 Å². The summed E-state index contributed by atoms with van der Waals surface area (Å²) >= 11 is 0. The van der Waals surface area contributed by atoms with Crippen molar-refractivity contribution in [1.82, 2.24) is 0 Å². The van der Waals surface area contributed by atoms with E-state index in [9.17, 15) is 0 Å². The van der Waals surface area contributed by atoms with Gasteiger partial charge in [-0.1, -0.05) is 38.1 Å². The summed E-state index contributed by atoms with van der Waals surface area (Å²) in [4.78, 5) is 2.25. The van der Waals surface area contributed by atoms with Crippen LogP contribution in [0.25, 0.3) is 5.57 Å². The molecule has 2 aromatic rings. The molecule has 0 bridgehead atoms. The number of fused-ring (bicyclic) bond motifs is 4. The van der Waals surface area contributed by atoms with E-state index in [0.717, 1.165) is 35.7 Å². The number of anilines is 2. The Hall–Kier alpha value is -2.48. The predicted molar refractivity (Wildman–Crippen MR) is 99.3 cm³/mol. The molecule has 0 spiro atoms. The Morgan fingerprint density at radius 2 is 1.88 bits per heavy atom. The van der Waals surface area contributed by atoms with Crippen molar-refractivity contribution < 1.29 is 4.74 Å². The van der Waals surface area contributed by atoms with Crippen molar-refractivity contribution in [3.63, 3.8) is 0 Å². The highest BCUT2D eigenvalue weighted by Gasteiger charge is 2.39. The topological polar surface area (TPSA) is 12.5 Å². The zero-order valence-electron chi connectivity index (χ0n) is 14.4. The molecule has 5 rings (SSSR count). The Morgan fingerprint density at radius 1 is 1.04 bits per heavy atom. The zero-order chi connectivity index (χ0) is 16.5. The molecule has 24 heavy (non-hydrogen) atoms. The molecule has 1 heterocycles. The maximum atomic E-state index is 6.24. The van der Waals surface area contributed by atoms with Crippen molar-refractivity contribution in [2.45, 2.75) is 32.1 Å². The summed E-state index contributed by atoms with van der Waals surface area (Å²) in [6.07, 6.45) is 6.91. The van der Waals surface area contributed by atoms with Crippen molar-refractivity contribution in [2.24, 2.45) is 0 Å². The highest BCUT2D eigenvalue weighted by molar-refractivity contribution is 5.88. The van der Waals surface area contributed by atoms with E-state index in [-0.39, 0.29) is 5.41 Å². The van der Waals surface area contributed by atoms with Gasteiger partial charge >= 0.3 is 0 Å². The summed E-state index contributed by atoms with van der Waals surface area (Å²) in [6, 6.07) is 12.8. The van der Waals surface area contributed by atoms with Gasteiger partial charge in [0.05, 0.1) is 11.4 Å². The van der Waals surface area contributed by atoms with E-state index in [1.807, 2.05) is 12.1 Å². The Labute approximate surface area is 143 Å². The first-order chi connectivity index (χ1) is 11.6. The van der Waals surface area contributed by atoms with Crippen LogP contribution in [0.4, 0.5) is 11.4 Å². The van der Waals surface area contributed by atoms with Gasteiger partial charge in [0.2, 0.25) is 0 Å². The van der Waals surface area contributed by atoms with Crippen LogP contribution in [0.15, 0.2) is 54.1 Å². The van der Waals surface area contributed by atoms with Crippen molar-refractivity contribution in [3.8, 4) is 11.5 Å². The molecule has 0 saturated heterocycles. The average molecular weight is 315 g/mol. The molecular weight excluding hydrogens is 294 g/mol. The summed E-state index contributed by atoms with van der Waals surface area (Å²) in [5.74, 6) is 1.90. The Balaban J connectivity index is 1.73. The zero-order valence-corrected chi connectivity index (χ0v) is 14.4. The second kappa shape index (κ2) is 4.54. The van der Waals surface area contributed by atoms with Crippen molar-refractivity contribution in [3.05, 3.63) is 65.3 Å². The highest BCUT2D eigenvalue weighted by atomic mass is 16.5. The van der Waals surface area contributed by atoms with Crippen LogP contribution in [0.1, 0.15) is 37.8 Å². The quantitative estimate of drug-likeness (QED) is 0.595. The average Bonchev–Trinajstić information content (AvgIpc) is 2.82. The molecule has 0 aromatic heterocycles. The summed E-state index contributed by atoms with van der Waals surface area (Å²) in [5, 5.41) is 0. The van der Waals surface area contributed by atoms with E-state index >= 15 is 0 Å². The molecule has 0 fully saturated rings. The monoisotopic (exact) mass is 315 g/mol. The van der Waals surface area contributed by atoms with Gasteiger partial charge in [-0.15, -0.1) is 0 Å². The van der Waals surface area contributed by atoms with Gasteiger partial charge in [-0.25, -0.2) is 0 Å². The Kier molecular flexibility index (Phi) is 2.63. The van der Waals surface area contributed by atoms with Crippen molar-refractivity contribution >= 4 is 16.9 Å². The molecule has 0 N–H and O–H groups in total. The number of para-hydroxylation sites is 2. The molecule has 2 aliphatic carbocycles. The van der Waals surface area contributed by atoms with E-state index in [2.05, 4.69) is 62.2 Å². The Bertz CT molecular complexity index is 933. The smallest absolute Gasteiger partial charge is 0.151 e. The third-order valence-corrected chi connectivity index (χ3v) is 5.75. The number of hydrogen-bond donors (Lipinski definition) is 0. The van der Waals surface area contributed by atoms with Crippen LogP contribution in [0.3, 0.4) is 0 Å². The maximum Gasteiger partial charge on any atom is 0.151 e. The maximum absolute atomic E-state index is 6.24. The van der Waals surface area contributed by atoms with Crippen molar-refractivity contribution in [2.75, 3.05) is 11.9 Å². The van der Waals surface area contributed by atoms with Gasteiger partial charge in [-0.2, -0.15) is 0 Å². The van der Waals surface area contributed by atoms with Crippen LogP contribution in [0.5, 0.6) is 11.5 Å². The van der Waals surface area contributed by atoms with Crippen molar-refractivity contribution in [1.29, 1.82) is 0 Å². The molecule has 2 nitrogen and oxygen atoms in total. The van der Waals surface area contributed by atoms with Crippen LogP contribution in [-0.2, 0) is 5.41 Å². The van der Waals surface area contributed by atoms with Gasteiger partial charge in [0.25, 0.3) is 0 Å². The van der Waals surface area contributed by atoms with E-state index in [1.54, 1.807) is 0 Å². The lowest BCUT2D eigenvalue weighted by Gasteiger charge is -2.32. The Morgan fingerprint density at radius 3 is 2.75 bits per heavy atom. The molecule has 0 unspecified atom stereocenters. The number of nitrogens with zero attached hydrogens (tertiary/aromatic N) is 1. The van der Waals surface area contributed by atoms with Crippen LogP contribution in [-0.4, -0.2) is 7.05 Å². The van der Waals surface area contributed by atoms with E-state index < -0.39 is 0 Å². The molecular formula is C22H21NO. The minimum absolute atomic E-state index is 0.0639. The van der Waals surface area contributed by atoms with Crippen LogP contribution >= 0.6 is 0 Å². The van der Waals surface area contributed by atoms with Gasteiger partial charge in [0, 0.05) is 12.5 Å². The minimum Gasteiger partial charge on any atom is -0.453 e. The molecule has 3 aliphatic rings. The molecule has 1 aliphatic heterocycles. The normalized spacial score (nSPS) is 19.4. The molecule has 0 saturated carbocycles. The first kappa shape index (κ1) is 13.9. The fourth-order valence-corrected chi connectivity index (χ4v) is 4.42. The lowest BCUT2D eigenvalue weighted by Crippen LogP contribution is -2.19. The molecule has 120 valence electrons. The number of rotatable bonds is 0. The van der Waals surface area contributed by atoms with E-state index in [1.165, 1.54) is 22.3 Å². The van der Waals surface area contributed by atoms with Crippen LogP contribution in [0, 0.1) is 0 Å². The molecule has 0 atom stereocenters. The first-order valence-electron chi connectivity index (χ1n) is 8.67. The molecule has 0 radical (unpaired) electrons. The highest BCUT2D eigenvalue weighted by Crippen LogP contribution is 2.55. The van der Waals surface area contributed by atoms with Gasteiger partial charge in [0.15, 0.2) is 11.5 Å². The third-order valence-electron chi connectivity index (χ3n) is 5.75. The summed E-state index contributed by atoms with van der Waals surface area (Å²) in [5.41, 5.74) is 8.13. The SMILES string of the molecule is CN1c2ccccc2Oc2cc3c(cc21)C(C)(C)C1=C3CCC=C1. The number of hydrogen-bond acceptors (Lipinski definition) is 2. The summed E-state index contributed by atoms with van der Waals surface area (Å²) in [7, 11) is 2.13. The fraction of sp³-hybridized carbons (Fsp3) is 0.273. The minimum atomic E-state index is 0.0639. The number of benzene rings is 2. The van der Waals surface area contributed by atoms with Gasteiger partial charge < -0.3 is 9.64 Å². The standard InChI is InChI=1S/C22H21NO/c1-22(2)16-9-5-4-8-14(16)15-12-21-19(13-17(15)22)23(3)18-10-6-7-11-20(18)24-21/h5-7,9-13H,4,8H2,1-3H3. The van der Waals surface area contributed by atoms with Gasteiger partial charge in [0.1, 0.15) is 0 Å². The molecule has 0 amide bonds. The van der Waals surface area contributed by atoms with E-state index in [0.29, 0.717) is 0 Å². The van der Waals surface area contributed by atoms with Gasteiger partial charge in [-0.3, -0.25) is 0 Å². The lowest BCUT2D eigenvalue weighted by molar-refractivity contribution is 0.474. The van der Waals surface area contributed by atoms with Gasteiger partial charge in [-0.05, 0) is 59.4 Å². The van der Waals surface area contributed by atoms with Crippen LogP contribution < -0.4 is 9.64 Å². The molecule has 2 heteroatoms. The second-order valence-corrected chi connectivity index (χ2v) is 7.45. The molecule has 2 aromatic carbocycles. The first-order valence-corrected chi connectivity index (χ1v) is 8.67.